The Balaban J connectivity index is 2.14. The molecule has 4 nitrogen and oxygen atoms in total. The van der Waals surface area contributed by atoms with Gasteiger partial charge in [-0.15, -0.1) is 11.6 Å². The molecule has 1 aromatic rings. The minimum absolute atomic E-state index is 0.156. The van der Waals surface area contributed by atoms with E-state index in [0.717, 1.165) is 18.4 Å². The number of hydrogen-bond donors (Lipinski definition) is 0. The molecule has 21 heavy (non-hydrogen) atoms. The molecule has 0 N–H and O–H groups in total. The summed E-state index contributed by atoms with van der Waals surface area (Å²) in [6, 6.07) is 4.70. The van der Waals surface area contributed by atoms with Crippen molar-refractivity contribution in [1.82, 2.24) is 4.31 Å². The van der Waals surface area contributed by atoms with Crippen LogP contribution in [0, 0.1) is 0 Å². The van der Waals surface area contributed by atoms with Gasteiger partial charge in [-0.2, -0.15) is 4.31 Å². The van der Waals surface area contributed by atoms with Gasteiger partial charge in [0, 0.05) is 30.6 Å². The molecule has 1 aliphatic rings. The average Bonchev–Trinajstić information content (AvgIpc) is 2.48. The first-order chi connectivity index (χ1) is 9.98. The Labute approximate surface area is 136 Å². The van der Waals surface area contributed by atoms with Gasteiger partial charge in [0.05, 0.1) is 11.0 Å². The molecule has 118 valence electrons. The lowest BCUT2D eigenvalue weighted by molar-refractivity contribution is 0.0290. The first kappa shape index (κ1) is 17.0. The molecular weight excluding hydrogens is 333 g/mol. The highest BCUT2D eigenvalue weighted by atomic mass is 35.5. The van der Waals surface area contributed by atoms with Crippen LogP contribution in [0.15, 0.2) is 23.1 Å². The van der Waals surface area contributed by atoms with E-state index in [4.69, 9.17) is 27.9 Å². The third-order valence-corrected chi connectivity index (χ3v) is 6.14. The summed E-state index contributed by atoms with van der Waals surface area (Å²) in [7, 11) is -3.50. The van der Waals surface area contributed by atoms with Gasteiger partial charge in [-0.05, 0) is 37.5 Å². The van der Waals surface area contributed by atoms with E-state index in [2.05, 4.69) is 0 Å². The molecule has 0 unspecified atom stereocenters. The molecule has 0 radical (unpaired) electrons. The molecule has 0 bridgehead atoms. The average molecular weight is 352 g/mol. The van der Waals surface area contributed by atoms with Crippen molar-refractivity contribution < 1.29 is 13.2 Å². The number of rotatable bonds is 5. The van der Waals surface area contributed by atoms with Crippen LogP contribution in [0.2, 0.25) is 5.02 Å². The molecule has 1 heterocycles. The molecule has 0 aromatic heterocycles. The monoisotopic (exact) mass is 351 g/mol. The highest BCUT2D eigenvalue weighted by Crippen LogP contribution is 2.26. The van der Waals surface area contributed by atoms with Crippen LogP contribution in [0.4, 0.5) is 0 Å². The van der Waals surface area contributed by atoms with Gasteiger partial charge < -0.3 is 4.74 Å². The van der Waals surface area contributed by atoms with Crippen LogP contribution in [0.1, 0.15) is 25.3 Å². The van der Waals surface area contributed by atoms with Crippen molar-refractivity contribution in [1.29, 1.82) is 0 Å². The van der Waals surface area contributed by atoms with Crippen molar-refractivity contribution in [2.24, 2.45) is 0 Å². The lowest BCUT2D eigenvalue weighted by Crippen LogP contribution is -2.40. The lowest BCUT2D eigenvalue weighted by Gasteiger charge is -2.31. The number of sulfonamides is 1. The molecule has 1 aromatic carbocycles. The second-order valence-corrected chi connectivity index (χ2v) is 7.56. The molecule has 0 spiro atoms. The van der Waals surface area contributed by atoms with E-state index in [1.165, 1.54) is 10.4 Å². The molecule has 0 aliphatic carbocycles. The summed E-state index contributed by atoms with van der Waals surface area (Å²) in [4.78, 5) is 0.219. The summed E-state index contributed by atoms with van der Waals surface area (Å²) >= 11 is 11.8. The van der Waals surface area contributed by atoms with Gasteiger partial charge in [0.2, 0.25) is 10.0 Å². The Morgan fingerprint density at radius 2 is 2.00 bits per heavy atom. The number of halogens is 2. The maximum absolute atomic E-state index is 12.6. The van der Waals surface area contributed by atoms with Crippen molar-refractivity contribution in [2.75, 3.05) is 19.7 Å². The van der Waals surface area contributed by atoms with Gasteiger partial charge >= 0.3 is 0 Å². The standard InChI is InChI=1S/C14H19Cl2NO3S/c1-2-20-12-5-7-17(8-6-12)21(18,19)13-4-3-11(10-15)14(16)9-13/h3-4,9,12H,2,5-8,10H2,1H3. The molecule has 7 heteroatoms. The summed E-state index contributed by atoms with van der Waals surface area (Å²) in [6.07, 6.45) is 1.60. The molecule has 0 saturated carbocycles. The summed E-state index contributed by atoms with van der Waals surface area (Å²) in [5.74, 6) is 0.263. The Kier molecular flexibility index (Phi) is 5.91. The Morgan fingerprint density at radius 1 is 1.33 bits per heavy atom. The van der Waals surface area contributed by atoms with Crippen LogP contribution < -0.4 is 0 Å². The molecular formula is C14H19Cl2NO3S. The zero-order valence-corrected chi connectivity index (χ0v) is 14.2. The third kappa shape index (κ3) is 3.90. The fraction of sp³-hybridized carbons (Fsp3) is 0.571. The fourth-order valence-corrected chi connectivity index (χ4v) is 4.53. The predicted molar refractivity (Wildman–Crippen MR) is 84.4 cm³/mol. The highest BCUT2D eigenvalue weighted by Gasteiger charge is 2.29. The normalized spacial score (nSPS) is 18.0. The second kappa shape index (κ2) is 7.29. The smallest absolute Gasteiger partial charge is 0.243 e. The van der Waals surface area contributed by atoms with E-state index in [9.17, 15) is 8.42 Å². The third-order valence-electron chi connectivity index (χ3n) is 3.61. The van der Waals surface area contributed by atoms with E-state index >= 15 is 0 Å². The lowest BCUT2D eigenvalue weighted by atomic mass is 10.1. The molecule has 0 atom stereocenters. The van der Waals surface area contributed by atoms with Gasteiger partial charge in [0.25, 0.3) is 0 Å². The van der Waals surface area contributed by atoms with Crippen LogP contribution >= 0.6 is 23.2 Å². The van der Waals surface area contributed by atoms with Crippen molar-refractivity contribution in [3.63, 3.8) is 0 Å². The summed E-state index contributed by atoms with van der Waals surface area (Å²) in [5.41, 5.74) is 0.729. The molecule has 1 aliphatic heterocycles. The van der Waals surface area contributed by atoms with Gasteiger partial charge in [0.1, 0.15) is 0 Å². The minimum atomic E-state index is -3.50. The summed E-state index contributed by atoms with van der Waals surface area (Å²) in [6.45, 7) is 3.56. The molecule has 1 fully saturated rings. The zero-order chi connectivity index (χ0) is 15.5. The number of ether oxygens (including phenoxy) is 1. The van der Waals surface area contributed by atoms with Crippen molar-refractivity contribution in [2.45, 2.75) is 36.6 Å². The van der Waals surface area contributed by atoms with E-state index in [1.807, 2.05) is 6.92 Å². The summed E-state index contributed by atoms with van der Waals surface area (Å²) < 4.78 is 32.2. The largest absolute Gasteiger partial charge is 0.378 e. The number of nitrogens with zero attached hydrogens (tertiary/aromatic N) is 1. The molecule has 1 saturated heterocycles. The van der Waals surface area contributed by atoms with Crippen molar-refractivity contribution in [3.05, 3.63) is 28.8 Å². The van der Waals surface area contributed by atoms with Crippen LogP contribution in [-0.4, -0.2) is 38.5 Å². The van der Waals surface area contributed by atoms with Gasteiger partial charge in [0.15, 0.2) is 0 Å². The molecule has 0 amide bonds. The van der Waals surface area contributed by atoms with Crippen LogP contribution in [0.25, 0.3) is 0 Å². The number of piperidine rings is 1. The number of benzene rings is 1. The first-order valence-electron chi connectivity index (χ1n) is 6.95. The van der Waals surface area contributed by atoms with Crippen LogP contribution in [-0.2, 0) is 20.6 Å². The highest BCUT2D eigenvalue weighted by molar-refractivity contribution is 7.89. The van der Waals surface area contributed by atoms with Gasteiger partial charge in [-0.25, -0.2) is 8.42 Å². The quantitative estimate of drug-likeness (QED) is 0.764. The number of hydrogen-bond acceptors (Lipinski definition) is 3. The van der Waals surface area contributed by atoms with Crippen molar-refractivity contribution >= 4 is 33.2 Å². The number of alkyl halides is 1. The Hall–Kier alpha value is -0.330. The molecule has 2 rings (SSSR count). The predicted octanol–water partition coefficient (Wildman–Crippen LogP) is 3.27. The van der Waals surface area contributed by atoms with Crippen LogP contribution in [0.3, 0.4) is 0 Å². The SMILES string of the molecule is CCOC1CCN(S(=O)(=O)c2ccc(CCl)c(Cl)c2)CC1. The zero-order valence-electron chi connectivity index (χ0n) is 11.9. The maximum atomic E-state index is 12.6. The van der Waals surface area contributed by atoms with Crippen LogP contribution in [0.5, 0.6) is 0 Å². The Morgan fingerprint density at radius 3 is 2.52 bits per heavy atom. The van der Waals surface area contributed by atoms with Crippen molar-refractivity contribution in [3.8, 4) is 0 Å². The van der Waals surface area contributed by atoms with E-state index in [-0.39, 0.29) is 16.9 Å². The second-order valence-electron chi connectivity index (χ2n) is 4.95. The van der Waals surface area contributed by atoms with E-state index in [1.54, 1.807) is 12.1 Å². The van der Waals surface area contributed by atoms with Gasteiger partial charge in [-0.3, -0.25) is 0 Å². The van der Waals surface area contributed by atoms with Gasteiger partial charge in [-0.1, -0.05) is 17.7 Å². The first-order valence-corrected chi connectivity index (χ1v) is 9.30. The minimum Gasteiger partial charge on any atom is -0.378 e. The Bertz CT molecular complexity index is 584. The maximum Gasteiger partial charge on any atom is 0.243 e. The fourth-order valence-electron chi connectivity index (χ4n) is 2.42. The topological polar surface area (TPSA) is 46.6 Å². The van der Waals surface area contributed by atoms with E-state index < -0.39 is 10.0 Å². The van der Waals surface area contributed by atoms with E-state index in [0.29, 0.717) is 24.7 Å². The summed E-state index contributed by atoms with van der Waals surface area (Å²) in [5, 5.41) is 0.385.